The molecule has 2 aromatic rings. The average Bonchev–Trinajstić information content (AvgIpc) is 2.53. The first-order chi connectivity index (χ1) is 10.5. The van der Waals surface area contributed by atoms with Gasteiger partial charge in [-0.2, -0.15) is 0 Å². The van der Waals surface area contributed by atoms with Gasteiger partial charge in [0, 0.05) is 20.1 Å². The molecule has 0 aliphatic rings. The summed E-state index contributed by atoms with van der Waals surface area (Å²) in [6.45, 7) is 7.15. The quantitative estimate of drug-likeness (QED) is 0.627. The summed E-state index contributed by atoms with van der Waals surface area (Å²) in [5.74, 6) is 0.0670. The average molecular weight is 319 g/mol. The molecule has 5 nitrogen and oxygen atoms in total. The lowest BCUT2D eigenvalue weighted by atomic mass is 10.2. The number of amides is 1. The number of benzene rings is 1. The van der Waals surface area contributed by atoms with Crippen molar-refractivity contribution in [2.75, 3.05) is 13.1 Å². The third-order valence-electron chi connectivity index (χ3n) is 3.65. The zero-order chi connectivity index (χ0) is 16.3. The van der Waals surface area contributed by atoms with Gasteiger partial charge in [0.05, 0.1) is 16.2 Å². The van der Waals surface area contributed by atoms with Crippen molar-refractivity contribution in [3.05, 3.63) is 34.6 Å². The molecule has 0 aliphatic carbocycles. The highest BCUT2D eigenvalue weighted by Gasteiger charge is 2.21. The van der Waals surface area contributed by atoms with Crippen LogP contribution in [0.2, 0.25) is 0 Å². The Morgan fingerprint density at radius 1 is 1.32 bits per heavy atom. The van der Waals surface area contributed by atoms with E-state index in [-0.39, 0.29) is 16.7 Å². The molecule has 2 rings (SSSR count). The van der Waals surface area contributed by atoms with Crippen molar-refractivity contribution < 1.29 is 4.79 Å². The van der Waals surface area contributed by atoms with Crippen molar-refractivity contribution in [1.82, 2.24) is 14.5 Å². The van der Waals surface area contributed by atoms with E-state index in [0.717, 1.165) is 0 Å². The van der Waals surface area contributed by atoms with E-state index < -0.39 is 0 Å². The molecule has 0 N–H and O–H groups in total. The molecule has 0 aliphatic heterocycles. The highest BCUT2D eigenvalue weighted by Crippen LogP contribution is 2.23. The van der Waals surface area contributed by atoms with Gasteiger partial charge in [-0.05, 0) is 32.9 Å². The van der Waals surface area contributed by atoms with E-state index in [1.807, 2.05) is 39.0 Å². The van der Waals surface area contributed by atoms with E-state index in [4.69, 9.17) is 0 Å². The summed E-state index contributed by atoms with van der Waals surface area (Å²) in [5.41, 5.74) is 0.575. The molecule has 0 radical (unpaired) electrons. The monoisotopic (exact) mass is 319 g/mol. The van der Waals surface area contributed by atoms with E-state index in [2.05, 4.69) is 4.98 Å². The molecule has 0 unspecified atom stereocenters. The van der Waals surface area contributed by atoms with Gasteiger partial charge in [-0.1, -0.05) is 23.9 Å². The fourth-order valence-corrected chi connectivity index (χ4v) is 3.26. The van der Waals surface area contributed by atoms with Gasteiger partial charge in [0.15, 0.2) is 5.16 Å². The largest absolute Gasteiger partial charge is 0.342 e. The lowest BCUT2D eigenvalue weighted by molar-refractivity contribution is -0.129. The molecule has 0 saturated carbocycles. The van der Waals surface area contributed by atoms with E-state index >= 15 is 0 Å². The first-order valence-electron chi connectivity index (χ1n) is 7.40. The Morgan fingerprint density at radius 2 is 1.95 bits per heavy atom. The van der Waals surface area contributed by atoms with Gasteiger partial charge in [-0.15, -0.1) is 0 Å². The molecule has 1 aromatic carbocycles. The van der Waals surface area contributed by atoms with Crippen molar-refractivity contribution in [3.8, 4) is 0 Å². The van der Waals surface area contributed by atoms with E-state index in [9.17, 15) is 9.59 Å². The second kappa shape index (κ2) is 6.96. The number of para-hydroxylation sites is 1. The Hall–Kier alpha value is -1.82. The van der Waals surface area contributed by atoms with Gasteiger partial charge in [0.1, 0.15) is 0 Å². The highest BCUT2D eigenvalue weighted by molar-refractivity contribution is 8.00. The van der Waals surface area contributed by atoms with Crippen LogP contribution in [0.1, 0.15) is 20.8 Å². The highest BCUT2D eigenvalue weighted by atomic mass is 32.2. The van der Waals surface area contributed by atoms with E-state index in [1.54, 1.807) is 18.0 Å². The Bertz CT molecular complexity index is 738. The van der Waals surface area contributed by atoms with Gasteiger partial charge in [-0.3, -0.25) is 14.2 Å². The predicted octanol–water partition coefficient (Wildman–Crippen LogP) is 2.28. The van der Waals surface area contributed by atoms with Crippen LogP contribution < -0.4 is 5.56 Å². The molecule has 1 aromatic heterocycles. The van der Waals surface area contributed by atoms with Crippen LogP contribution in [0.5, 0.6) is 0 Å². The lowest BCUT2D eigenvalue weighted by Gasteiger charge is -2.22. The molecule has 0 spiro atoms. The summed E-state index contributed by atoms with van der Waals surface area (Å²) in [6, 6.07) is 7.26. The molecule has 0 fully saturated rings. The summed E-state index contributed by atoms with van der Waals surface area (Å²) in [4.78, 5) is 31.0. The number of nitrogens with zero attached hydrogens (tertiary/aromatic N) is 3. The van der Waals surface area contributed by atoms with Gasteiger partial charge in [-0.25, -0.2) is 4.98 Å². The standard InChI is InChI=1S/C16H21N3O2S/c1-5-19(6-2)14(20)11(3)22-16-17-13-10-8-7-9-12(13)15(21)18(16)4/h7-11H,5-6H2,1-4H3/t11-/m1/s1. The first-order valence-corrected chi connectivity index (χ1v) is 8.28. The van der Waals surface area contributed by atoms with Gasteiger partial charge in [0.2, 0.25) is 5.91 Å². The van der Waals surface area contributed by atoms with Crippen molar-refractivity contribution >= 4 is 28.6 Å². The summed E-state index contributed by atoms with van der Waals surface area (Å²) in [5, 5.41) is 0.882. The maximum atomic E-state index is 12.4. The van der Waals surface area contributed by atoms with Crippen molar-refractivity contribution in [3.63, 3.8) is 0 Å². The Kier molecular flexibility index (Phi) is 5.24. The van der Waals surface area contributed by atoms with Crippen LogP contribution in [-0.2, 0) is 11.8 Å². The van der Waals surface area contributed by atoms with E-state index in [0.29, 0.717) is 29.1 Å². The molecule has 0 saturated heterocycles. The second-order valence-electron chi connectivity index (χ2n) is 5.05. The maximum absolute atomic E-state index is 12.4. The van der Waals surface area contributed by atoms with Gasteiger partial charge < -0.3 is 4.90 Å². The second-order valence-corrected chi connectivity index (χ2v) is 6.35. The normalized spacial score (nSPS) is 12.4. The summed E-state index contributed by atoms with van der Waals surface area (Å²) in [7, 11) is 1.69. The molecule has 6 heteroatoms. The van der Waals surface area contributed by atoms with Crippen LogP contribution in [0.4, 0.5) is 0 Å². The number of rotatable bonds is 5. The molecular formula is C16H21N3O2S. The molecule has 1 amide bonds. The summed E-state index contributed by atoms with van der Waals surface area (Å²) >= 11 is 1.33. The Balaban J connectivity index is 2.34. The topological polar surface area (TPSA) is 55.2 Å². The van der Waals surface area contributed by atoms with E-state index in [1.165, 1.54) is 16.3 Å². The van der Waals surface area contributed by atoms with Crippen LogP contribution in [0.25, 0.3) is 10.9 Å². The fraction of sp³-hybridized carbons (Fsp3) is 0.438. The smallest absolute Gasteiger partial charge is 0.261 e. The number of fused-ring (bicyclic) bond motifs is 1. The zero-order valence-electron chi connectivity index (χ0n) is 13.4. The number of aromatic nitrogens is 2. The SMILES string of the molecule is CCN(CC)C(=O)[C@@H](C)Sc1nc2ccccc2c(=O)n1C. The third-order valence-corrected chi connectivity index (χ3v) is 4.78. The van der Waals surface area contributed by atoms with Crippen LogP contribution >= 0.6 is 11.8 Å². The minimum atomic E-state index is -0.279. The number of thioether (sulfide) groups is 1. The fourth-order valence-electron chi connectivity index (χ4n) is 2.30. The number of carbonyl (C=O) groups excluding carboxylic acids is 1. The molecule has 22 heavy (non-hydrogen) atoms. The van der Waals surface area contributed by atoms with Gasteiger partial charge >= 0.3 is 0 Å². The predicted molar refractivity (Wildman–Crippen MR) is 90.2 cm³/mol. The molecule has 118 valence electrons. The third kappa shape index (κ3) is 3.16. The number of hydrogen-bond acceptors (Lipinski definition) is 4. The van der Waals surface area contributed by atoms with Crippen LogP contribution in [0.15, 0.2) is 34.2 Å². The van der Waals surface area contributed by atoms with Crippen molar-refractivity contribution in [2.24, 2.45) is 7.05 Å². The number of carbonyl (C=O) groups is 1. The van der Waals surface area contributed by atoms with Crippen LogP contribution in [0, 0.1) is 0 Å². The molecular weight excluding hydrogens is 298 g/mol. The first kappa shape index (κ1) is 16.5. The molecule has 0 bridgehead atoms. The van der Waals surface area contributed by atoms with Crippen molar-refractivity contribution in [2.45, 2.75) is 31.2 Å². The number of hydrogen-bond donors (Lipinski definition) is 0. The Labute approximate surface area is 134 Å². The van der Waals surface area contributed by atoms with Gasteiger partial charge in [0.25, 0.3) is 5.56 Å². The van der Waals surface area contributed by atoms with Crippen LogP contribution in [-0.4, -0.2) is 38.7 Å². The minimum Gasteiger partial charge on any atom is -0.342 e. The van der Waals surface area contributed by atoms with Crippen LogP contribution in [0.3, 0.4) is 0 Å². The summed E-state index contributed by atoms with van der Waals surface area (Å²) in [6.07, 6.45) is 0. The molecule has 1 heterocycles. The maximum Gasteiger partial charge on any atom is 0.261 e. The minimum absolute atomic E-state index is 0.0670. The lowest BCUT2D eigenvalue weighted by Crippen LogP contribution is -2.36. The summed E-state index contributed by atoms with van der Waals surface area (Å²) < 4.78 is 1.51. The zero-order valence-corrected chi connectivity index (χ0v) is 14.2. The van der Waals surface area contributed by atoms with Crippen molar-refractivity contribution in [1.29, 1.82) is 0 Å². The molecule has 1 atom stereocenters. The Morgan fingerprint density at radius 3 is 2.59 bits per heavy atom.